The predicted molar refractivity (Wildman–Crippen MR) is 139 cm³/mol. The van der Waals surface area contributed by atoms with Crippen molar-refractivity contribution in [1.29, 1.82) is 0 Å². The van der Waals surface area contributed by atoms with Gasteiger partial charge in [-0.15, -0.1) is 17.9 Å². The number of benzene rings is 1. The number of hydrogen-bond donors (Lipinski definition) is 1. The lowest BCUT2D eigenvalue weighted by Crippen LogP contribution is -2.51. The van der Waals surface area contributed by atoms with Crippen molar-refractivity contribution in [2.45, 2.75) is 13.5 Å². The molecule has 2 heterocycles. The van der Waals surface area contributed by atoms with Crippen LogP contribution in [0.5, 0.6) is 0 Å². The Morgan fingerprint density at radius 3 is 2.50 bits per heavy atom. The standard InChI is InChI=1S/C26H28N2O2SSi/c1-8-32(7)22-14-17(27(3)4)9-11-19(22)24(25-16(2)13-21(31-25)26(29)30)20-12-10-18(28(5)6)15-23(20)32/h8-15H,1H2,2-7H3/p+1. The summed E-state index contributed by atoms with van der Waals surface area (Å²) >= 11 is 1.36. The molecule has 0 saturated heterocycles. The number of carboxylic acid groups (broad SMARTS) is 1. The predicted octanol–water partition coefficient (Wildman–Crippen LogP) is 4.40. The van der Waals surface area contributed by atoms with Gasteiger partial charge in [-0.2, -0.15) is 0 Å². The molecular weight excluding hydrogens is 432 g/mol. The Labute approximate surface area is 194 Å². The molecule has 0 amide bonds. The van der Waals surface area contributed by atoms with E-state index in [1.54, 1.807) is 6.07 Å². The average molecular weight is 462 g/mol. The lowest BCUT2D eigenvalue weighted by atomic mass is 9.92. The third kappa shape index (κ3) is 3.34. The normalized spacial score (nSPS) is 19.3. The summed E-state index contributed by atoms with van der Waals surface area (Å²) in [7, 11) is 6.00. The number of carboxylic acids is 1. The van der Waals surface area contributed by atoms with Crippen molar-refractivity contribution in [3.8, 4) is 0 Å². The number of hydrogen-bond acceptors (Lipinski definition) is 3. The molecule has 6 heteroatoms. The molecule has 32 heavy (non-hydrogen) atoms. The summed E-state index contributed by atoms with van der Waals surface area (Å²) in [5.74, 6) is -0.877. The first-order chi connectivity index (χ1) is 15.1. The highest BCUT2D eigenvalue weighted by atomic mass is 32.1. The molecule has 1 aromatic carbocycles. The summed E-state index contributed by atoms with van der Waals surface area (Å²) in [6.45, 7) is 8.66. The fourth-order valence-corrected chi connectivity index (χ4v) is 8.75. The van der Waals surface area contributed by atoms with Crippen LogP contribution in [0.15, 0.2) is 65.5 Å². The van der Waals surface area contributed by atoms with Crippen LogP contribution in [0.2, 0.25) is 6.55 Å². The van der Waals surface area contributed by atoms with Crippen molar-refractivity contribution in [1.82, 2.24) is 0 Å². The molecule has 0 bridgehead atoms. The van der Waals surface area contributed by atoms with Crippen molar-refractivity contribution in [3.05, 3.63) is 86.4 Å². The number of fused-ring (bicyclic) bond motifs is 2. The molecule has 0 fully saturated rings. The number of allylic oxidation sites excluding steroid dienone is 5. The summed E-state index contributed by atoms with van der Waals surface area (Å²) in [6.07, 6.45) is 6.66. The molecule has 1 atom stereocenters. The molecule has 1 aliphatic heterocycles. The van der Waals surface area contributed by atoms with E-state index in [4.69, 9.17) is 0 Å². The van der Waals surface area contributed by atoms with E-state index in [-0.39, 0.29) is 0 Å². The lowest BCUT2D eigenvalue weighted by Gasteiger charge is -2.38. The third-order valence-electron chi connectivity index (χ3n) is 6.46. The number of carbonyl (C=O) groups is 1. The molecule has 0 saturated carbocycles. The van der Waals surface area contributed by atoms with E-state index in [0.29, 0.717) is 4.88 Å². The molecule has 0 radical (unpaired) electrons. The summed E-state index contributed by atoms with van der Waals surface area (Å²) in [6, 6.07) is 8.44. The van der Waals surface area contributed by atoms with Crippen LogP contribution in [0, 0.1) is 6.92 Å². The molecule has 1 unspecified atom stereocenters. The van der Waals surface area contributed by atoms with E-state index in [9.17, 15) is 9.90 Å². The Hall–Kier alpha value is -2.96. The summed E-state index contributed by atoms with van der Waals surface area (Å²) < 4.78 is 2.13. The minimum Gasteiger partial charge on any atom is -0.477 e. The summed E-state index contributed by atoms with van der Waals surface area (Å²) in [5.41, 5.74) is 9.00. The fraction of sp³-hybridized carbons (Fsp3) is 0.231. The maximum absolute atomic E-state index is 11.7. The Bertz CT molecular complexity index is 1290. The number of anilines is 1. The van der Waals surface area contributed by atoms with Crippen molar-refractivity contribution in [2.24, 2.45) is 0 Å². The Kier molecular flexibility index (Phi) is 5.47. The van der Waals surface area contributed by atoms with Gasteiger partial charge < -0.3 is 10.0 Å². The lowest BCUT2D eigenvalue weighted by molar-refractivity contribution is -0.462. The van der Waals surface area contributed by atoms with Crippen LogP contribution >= 0.6 is 11.3 Å². The topological polar surface area (TPSA) is 43.6 Å². The number of nitrogens with zero attached hydrogens (tertiary/aromatic N) is 2. The van der Waals surface area contributed by atoms with Gasteiger partial charge in [-0.25, -0.2) is 9.37 Å². The van der Waals surface area contributed by atoms with E-state index < -0.39 is 14.0 Å². The maximum Gasteiger partial charge on any atom is 0.345 e. The maximum atomic E-state index is 11.7. The van der Waals surface area contributed by atoms with Crippen LogP contribution in [0.4, 0.5) is 5.69 Å². The van der Waals surface area contributed by atoms with Gasteiger partial charge in [0.1, 0.15) is 27.0 Å². The van der Waals surface area contributed by atoms with E-state index in [1.807, 2.05) is 6.92 Å². The molecule has 1 aliphatic carbocycles. The largest absolute Gasteiger partial charge is 0.477 e. The van der Waals surface area contributed by atoms with Gasteiger partial charge in [0.25, 0.3) is 0 Å². The zero-order valence-electron chi connectivity index (χ0n) is 19.5. The van der Waals surface area contributed by atoms with Crippen molar-refractivity contribution in [3.63, 3.8) is 0 Å². The number of aryl methyl sites for hydroxylation is 1. The summed E-state index contributed by atoms with van der Waals surface area (Å²) in [5, 5.41) is 12.3. The molecule has 4 nitrogen and oxygen atoms in total. The minimum absolute atomic E-state index is 0.372. The first-order valence-corrected chi connectivity index (χ1v) is 14.0. The van der Waals surface area contributed by atoms with Crippen molar-refractivity contribution >= 4 is 47.5 Å². The van der Waals surface area contributed by atoms with Gasteiger partial charge in [0.15, 0.2) is 5.71 Å². The second-order valence-corrected chi connectivity index (χ2v) is 13.9. The zero-order valence-corrected chi connectivity index (χ0v) is 21.3. The average Bonchev–Trinajstić information content (AvgIpc) is 3.15. The molecule has 1 aromatic heterocycles. The van der Waals surface area contributed by atoms with Crippen molar-refractivity contribution < 1.29 is 14.5 Å². The van der Waals surface area contributed by atoms with Crippen LogP contribution in [0.1, 0.15) is 25.7 Å². The van der Waals surface area contributed by atoms with Gasteiger partial charge in [0, 0.05) is 42.4 Å². The van der Waals surface area contributed by atoms with Crippen LogP contribution in [-0.4, -0.2) is 57.6 Å². The van der Waals surface area contributed by atoms with Gasteiger partial charge >= 0.3 is 5.97 Å². The SMILES string of the molecule is C=C[Si]1(C)C2=CC(=[N+](C)C)C=CC2=C(c2sc(C(=O)O)cc2C)c2ccc(N(C)C)cc21. The third-order valence-corrected chi connectivity index (χ3v) is 11.6. The second kappa shape index (κ2) is 7.87. The van der Waals surface area contributed by atoms with Crippen LogP contribution in [0.25, 0.3) is 5.57 Å². The molecule has 2 aromatic rings. The molecule has 1 N–H and O–H groups in total. The highest BCUT2D eigenvalue weighted by Gasteiger charge is 2.42. The van der Waals surface area contributed by atoms with E-state index in [1.165, 1.54) is 32.9 Å². The van der Waals surface area contributed by atoms with Gasteiger partial charge in [-0.05, 0) is 58.3 Å². The Morgan fingerprint density at radius 2 is 1.94 bits per heavy atom. The highest BCUT2D eigenvalue weighted by molar-refractivity contribution is 7.15. The van der Waals surface area contributed by atoms with E-state index >= 15 is 0 Å². The zero-order chi connectivity index (χ0) is 23.4. The Balaban J connectivity index is 2.13. The van der Waals surface area contributed by atoms with Gasteiger partial charge in [-0.1, -0.05) is 18.3 Å². The molecule has 2 aliphatic rings. The van der Waals surface area contributed by atoms with Crippen molar-refractivity contribution in [2.75, 3.05) is 33.1 Å². The van der Waals surface area contributed by atoms with Crippen LogP contribution < -0.4 is 10.1 Å². The number of rotatable bonds is 4. The van der Waals surface area contributed by atoms with Gasteiger partial charge in [0.05, 0.1) is 0 Å². The van der Waals surface area contributed by atoms with Crippen LogP contribution in [0.3, 0.4) is 0 Å². The van der Waals surface area contributed by atoms with Gasteiger partial charge in [0.2, 0.25) is 0 Å². The summed E-state index contributed by atoms with van der Waals surface area (Å²) in [4.78, 5) is 15.2. The minimum atomic E-state index is -2.24. The molecule has 0 spiro atoms. The Morgan fingerprint density at radius 1 is 1.22 bits per heavy atom. The van der Waals surface area contributed by atoms with E-state index in [0.717, 1.165) is 27.4 Å². The molecule has 4 rings (SSSR count). The highest BCUT2D eigenvalue weighted by Crippen LogP contribution is 2.45. The van der Waals surface area contributed by atoms with Crippen LogP contribution in [-0.2, 0) is 0 Å². The molecule has 164 valence electrons. The second-order valence-electron chi connectivity index (χ2n) is 8.96. The smallest absolute Gasteiger partial charge is 0.345 e. The number of thiophene rings is 1. The quantitative estimate of drug-likeness (QED) is 0.542. The first kappa shape index (κ1) is 22.2. The monoisotopic (exact) mass is 461 g/mol. The fourth-order valence-electron chi connectivity index (χ4n) is 4.51. The first-order valence-electron chi connectivity index (χ1n) is 10.6. The number of aromatic carboxylic acids is 1. The van der Waals surface area contributed by atoms with E-state index in [2.05, 4.69) is 92.9 Å². The molecular formula is C26H29N2O2SSi+. The van der Waals surface area contributed by atoms with Gasteiger partial charge in [-0.3, -0.25) is 0 Å².